The fourth-order valence-electron chi connectivity index (χ4n) is 1.90. The average molecular weight is 267 g/mol. The molecule has 2 N–H and O–H groups in total. The third kappa shape index (κ3) is 6.34. The number of rotatable bonds is 7. The molecule has 0 aliphatic carbocycles. The van der Waals surface area contributed by atoms with E-state index in [0.717, 1.165) is 5.56 Å². The lowest BCUT2D eigenvalue weighted by atomic mass is 9.97. The van der Waals surface area contributed by atoms with E-state index in [2.05, 4.69) is 5.32 Å². The second kappa shape index (κ2) is 7.89. The maximum Gasteiger partial charge on any atom is 0.220 e. The number of benzene rings is 1. The highest BCUT2D eigenvalue weighted by Gasteiger charge is 2.11. The van der Waals surface area contributed by atoms with Crippen LogP contribution in [0, 0.1) is 11.7 Å². The van der Waals surface area contributed by atoms with Gasteiger partial charge in [0.15, 0.2) is 0 Å². The molecule has 1 amide bonds. The van der Waals surface area contributed by atoms with Crippen molar-refractivity contribution < 1.29 is 14.3 Å². The van der Waals surface area contributed by atoms with E-state index in [-0.39, 0.29) is 17.6 Å². The number of carbonyl (C=O) groups excluding carboxylic acids is 1. The third-order valence-electron chi connectivity index (χ3n) is 3.01. The van der Waals surface area contributed by atoms with Crippen LogP contribution in [0.4, 0.5) is 4.39 Å². The van der Waals surface area contributed by atoms with Crippen molar-refractivity contribution in [1.29, 1.82) is 0 Å². The standard InChI is InChI=1S/C15H22FNO2/c1-3-14(18)10-17-15(19)8-11(2)7-12-5-4-6-13(16)9-12/h4-6,9,11,14,18H,3,7-8,10H2,1-2H3,(H,17,19)/t11?,14-/m1/s1. The Hall–Kier alpha value is -1.42. The first-order valence-electron chi connectivity index (χ1n) is 6.70. The van der Waals surface area contributed by atoms with Gasteiger partial charge in [-0.25, -0.2) is 4.39 Å². The van der Waals surface area contributed by atoms with E-state index in [1.54, 1.807) is 6.07 Å². The summed E-state index contributed by atoms with van der Waals surface area (Å²) in [6.07, 6.45) is 1.19. The fourth-order valence-corrected chi connectivity index (χ4v) is 1.90. The molecule has 19 heavy (non-hydrogen) atoms. The molecule has 0 heterocycles. The highest BCUT2D eigenvalue weighted by atomic mass is 19.1. The molecule has 106 valence electrons. The summed E-state index contributed by atoms with van der Waals surface area (Å²) in [5.41, 5.74) is 0.897. The van der Waals surface area contributed by atoms with E-state index >= 15 is 0 Å². The van der Waals surface area contributed by atoms with Gasteiger partial charge in [-0.15, -0.1) is 0 Å². The zero-order chi connectivity index (χ0) is 14.3. The van der Waals surface area contributed by atoms with E-state index < -0.39 is 6.10 Å². The topological polar surface area (TPSA) is 49.3 Å². The average Bonchev–Trinajstić information content (AvgIpc) is 2.35. The Kier molecular flexibility index (Phi) is 6.50. The molecule has 0 aliphatic heterocycles. The maximum atomic E-state index is 13.0. The van der Waals surface area contributed by atoms with Crippen LogP contribution >= 0.6 is 0 Å². The van der Waals surface area contributed by atoms with Crippen LogP contribution in [-0.2, 0) is 11.2 Å². The van der Waals surface area contributed by atoms with Gasteiger partial charge in [0.25, 0.3) is 0 Å². The van der Waals surface area contributed by atoms with E-state index in [1.165, 1.54) is 12.1 Å². The molecule has 0 saturated carbocycles. The molecular formula is C15H22FNO2. The van der Waals surface area contributed by atoms with Crippen molar-refractivity contribution in [2.45, 2.75) is 39.2 Å². The number of amides is 1. The second-order valence-electron chi connectivity index (χ2n) is 5.01. The van der Waals surface area contributed by atoms with Gasteiger partial charge in [-0.3, -0.25) is 4.79 Å². The van der Waals surface area contributed by atoms with Crippen molar-refractivity contribution in [2.75, 3.05) is 6.54 Å². The number of aliphatic hydroxyl groups is 1. The lowest BCUT2D eigenvalue weighted by Gasteiger charge is -2.13. The van der Waals surface area contributed by atoms with E-state index in [4.69, 9.17) is 0 Å². The van der Waals surface area contributed by atoms with Crippen LogP contribution < -0.4 is 5.32 Å². The molecule has 0 aromatic heterocycles. The molecule has 3 nitrogen and oxygen atoms in total. The van der Waals surface area contributed by atoms with Gasteiger partial charge in [-0.05, 0) is 36.5 Å². The molecule has 1 unspecified atom stereocenters. The van der Waals surface area contributed by atoms with Crippen LogP contribution in [0.15, 0.2) is 24.3 Å². The molecule has 1 rings (SSSR count). The number of hydrogen-bond acceptors (Lipinski definition) is 2. The molecule has 0 bridgehead atoms. The summed E-state index contributed by atoms with van der Waals surface area (Å²) in [6, 6.07) is 6.44. The zero-order valence-corrected chi connectivity index (χ0v) is 11.5. The zero-order valence-electron chi connectivity index (χ0n) is 11.5. The SMILES string of the molecule is CC[C@@H](O)CNC(=O)CC(C)Cc1cccc(F)c1. The van der Waals surface area contributed by atoms with Crippen LogP contribution in [0.3, 0.4) is 0 Å². The van der Waals surface area contributed by atoms with Crippen LogP contribution in [0.1, 0.15) is 32.3 Å². The molecule has 2 atom stereocenters. The van der Waals surface area contributed by atoms with E-state index in [9.17, 15) is 14.3 Å². The largest absolute Gasteiger partial charge is 0.391 e. The van der Waals surface area contributed by atoms with Crippen molar-refractivity contribution >= 4 is 5.91 Å². The summed E-state index contributed by atoms with van der Waals surface area (Å²) < 4.78 is 13.0. The maximum absolute atomic E-state index is 13.0. The Bertz CT molecular complexity index is 409. The van der Waals surface area contributed by atoms with Gasteiger partial charge in [0.05, 0.1) is 6.10 Å². The van der Waals surface area contributed by atoms with Gasteiger partial charge in [-0.2, -0.15) is 0 Å². The first-order valence-corrected chi connectivity index (χ1v) is 6.70. The molecule has 1 aromatic carbocycles. The van der Waals surface area contributed by atoms with Crippen molar-refractivity contribution in [3.05, 3.63) is 35.6 Å². The molecule has 0 fully saturated rings. The predicted molar refractivity (Wildman–Crippen MR) is 73.2 cm³/mol. The Morgan fingerprint density at radius 2 is 2.21 bits per heavy atom. The minimum Gasteiger partial charge on any atom is -0.391 e. The molecule has 1 aromatic rings. The molecular weight excluding hydrogens is 245 g/mol. The van der Waals surface area contributed by atoms with Gasteiger partial charge in [-0.1, -0.05) is 26.0 Å². The number of nitrogens with one attached hydrogen (secondary N) is 1. The lowest BCUT2D eigenvalue weighted by molar-refractivity contribution is -0.122. The number of hydrogen-bond donors (Lipinski definition) is 2. The minimum absolute atomic E-state index is 0.0728. The summed E-state index contributed by atoms with van der Waals surface area (Å²) in [5.74, 6) is -0.183. The normalized spacial score (nSPS) is 13.9. The van der Waals surface area contributed by atoms with Crippen LogP contribution in [-0.4, -0.2) is 23.7 Å². The molecule has 4 heteroatoms. The van der Waals surface area contributed by atoms with E-state index in [0.29, 0.717) is 25.8 Å². The first kappa shape index (κ1) is 15.6. The van der Waals surface area contributed by atoms with Crippen molar-refractivity contribution in [2.24, 2.45) is 5.92 Å². The first-order chi connectivity index (χ1) is 9.01. The second-order valence-corrected chi connectivity index (χ2v) is 5.01. The highest BCUT2D eigenvalue weighted by Crippen LogP contribution is 2.13. The number of halogens is 1. The van der Waals surface area contributed by atoms with E-state index in [1.807, 2.05) is 19.9 Å². The summed E-state index contributed by atoms with van der Waals surface area (Å²) in [5, 5.41) is 12.0. The summed E-state index contributed by atoms with van der Waals surface area (Å²) >= 11 is 0. The summed E-state index contributed by atoms with van der Waals surface area (Å²) in [6.45, 7) is 4.12. The number of carbonyl (C=O) groups is 1. The van der Waals surface area contributed by atoms with Crippen LogP contribution in [0.5, 0.6) is 0 Å². The Labute approximate surface area is 113 Å². The van der Waals surface area contributed by atoms with Crippen molar-refractivity contribution in [3.8, 4) is 0 Å². The highest BCUT2D eigenvalue weighted by molar-refractivity contribution is 5.76. The quantitative estimate of drug-likeness (QED) is 0.796. The van der Waals surface area contributed by atoms with Crippen LogP contribution in [0.25, 0.3) is 0 Å². The lowest BCUT2D eigenvalue weighted by Crippen LogP contribution is -2.32. The molecule has 0 saturated heterocycles. The number of aliphatic hydroxyl groups excluding tert-OH is 1. The fraction of sp³-hybridized carbons (Fsp3) is 0.533. The van der Waals surface area contributed by atoms with Gasteiger partial charge >= 0.3 is 0 Å². The third-order valence-corrected chi connectivity index (χ3v) is 3.01. The van der Waals surface area contributed by atoms with Gasteiger partial charge in [0, 0.05) is 13.0 Å². The summed E-state index contributed by atoms with van der Waals surface area (Å²) in [4.78, 5) is 11.6. The smallest absolute Gasteiger partial charge is 0.220 e. The van der Waals surface area contributed by atoms with Gasteiger partial charge in [0.1, 0.15) is 5.82 Å². The monoisotopic (exact) mass is 267 g/mol. The Morgan fingerprint density at radius 1 is 1.47 bits per heavy atom. The summed E-state index contributed by atoms with van der Waals surface area (Å²) in [7, 11) is 0. The minimum atomic E-state index is -0.484. The van der Waals surface area contributed by atoms with Crippen LogP contribution in [0.2, 0.25) is 0 Å². The molecule has 0 radical (unpaired) electrons. The molecule has 0 aliphatic rings. The molecule has 0 spiro atoms. The van der Waals surface area contributed by atoms with Gasteiger partial charge < -0.3 is 10.4 Å². The van der Waals surface area contributed by atoms with Gasteiger partial charge in [0.2, 0.25) is 5.91 Å². The van der Waals surface area contributed by atoms with Crippen molar-refractivity contribution in [1.82, 2.24) is 5.32 Å². The van der Waals surface area contributed by atoms with Crippen molar-refractivity contribution in [3.63, 3.8) is 0 Å². The Morgan fingerprint density at radius 3 is 2.84 bits per heavy atom. The Balaban J connectivity index is 2.34. The predicted octanol–water partition coefficient (Wildman–Crippen LogP) is 2.28.